The largest absolute Gasteiger partial charge is 0.497 e. The van der Waals surface area contributed by atoms with E-state index in [0.717, 1.165) is 11.4 Å². The van der Waals surface area contributed by atoms with Crippen LogP contribution in [-0.2, 0) is 4.74 Å². The standard InChI is InChI=1S/C12H20N2O2/c1-12(2,8-15-3)14-11-7-9(16-4)5-6-10(11)13/h5-7,14H,8,13H2,1-4H3. The highest BCUT2D eigenvalue weighted by Crippen LogP contribution is 2.27. The number of nitrogens with two attached hydrogens (primary N) is 1. The molecule has 0 aliphatic carbocycles. The van der Waals surface area contributed by atoms with Gasteiger partial charge in [-0.15, -0.1) is 0 Å². The minimum absolute atomic E-state index is 0.171. The zero-order valence-electron chi connectivity index (χ0n) is 10.3. The van der Waals surface area contributed by atoms with E-state index < -0.39 is 0 Å². The van der Waals surface area contributed by atoms with Crippen molar-refractivity contribution in [2.24, 2.45) is 0 Å². The smallest absolute Gasteiger partial charge is 0.121 e. The lowest BCUT2D eigenvalue weighted by atomic mass is 10.1. The molecular formula is C12H20N2O2. The molecule has 0 aromatic heterocycles. The van der Waals surface area contributed by atoms with Crippen LogP contribution in [-0.4, -0.2) is 26.4 Å². The summed E-state index contributed by atoms with van der Waals surface area (Å²) in [6.45, 7) is 4.70. The van der Waals surface area contributed by atoms with Crippen LogP contribution >= 0.6 is 0 Å². The Morgan fingerprint density at radius 3 is 2.56 bits per heavy atom. The third-order valence-electron chi connectivity index (χ3n) is 2.24. The van der Waals surface area contributed by atoms with Crippen LogP contribution in [0.4, 0.5) is 11.4 Å². The van der Waals surface area contributed by atoms with Crippen molar-refractivity contribution in [1.29, 1.82) is 0 Å². The van der Waals surface area contributed by atoms with Gasteiger partial charge in [-0.1, -0.05) is 0 Å². The van der Waals surface area contributed by atoms with E-state index in [0.29, 0.717) is 12.3 Å². The van der Waals surface area contributed by atoms with Crippen LogP contribution in [0.15, 0.2) is 18.2 Å². The molecule has 0 aliphatic heterocycles. The summed E-state index contributed by atoms with van der Waals surface area (Å²) < 4.78 is 10.3. The van der Waals surface area contributed by atoms with Gasteiger partial charge < -0.3 is 20.5 Å². The maximum atomic E-state index is 5.89. The molecule has 0 radical (unpaired) electrons. The normalized spacial score (nSPS) is 11.2. The Hall–Kier alpha value is -1.42. The summed E-state index contributed by atoms with van der Waals surface area (Å²) in [4.78, 5) is 0. The fourth-order valence-corrected chi connectivity index (χ4v) is 1.53. The summed E-state index contributed by atoms with van der Waals surface area (Å²) in [6.07, 6.45) is 0. The van der Waals surface area contributed by atoms with Crippen LogP contribution < -0.4 is 15.8 Å². The molecule has 0 spiro atoms. The summed E-state index contributed by atoms with van der Waals surface area (Å²) in [5.41, 5.74) is 7.28. The van der Waals surface area contributed by atoms with E-state index in [-0.39, 0.29) is 5.54 Å². The number of hydrogen-bond acceptors (Lipinski definition) is 4. The number of anilines is 2. The first kappa shape index (κ1) is 12.6. The van der Waals surface area contributed by atoms with E-state index in [4.69, 9.17) is 15.2 Å². The minimum atomic E-state index is -0.171. The predicted octanol–water partition coefficient (Wildman–Crippen LogP) is 2.11. The zero-order valence-corrected chi connectivity index (χ0v) is 10.3. The maximum Gasteiger partial charge on any atom is 0.121 e. The molecule has 0 unspecified atom stereocenters. The van der Waals surface area contributed by atoms with Gasteiger partial charge in [0, 0.05) is 13.2 Å². The Morgan fingerprint density at radius 1 is 1.31 bits per heavy atom. The van der Waals surface area contributed by atoms with Crippen LogP contribution in [0.25, 0.3) is 0 Å². The number of nitrogens with one attached hydrogen (secondary N) is 1. The second-order valence-electron chi connectivity index (χ2n) is 4.40. The first-order valence-electron chi connectivity index (χ1n) is 5.19. The quantitative estimate of drug-likeness (QED) is 0.752. The molecule has 1 rings (SSSR count). The van der Waals surface area contributed by atoms with Crippen molar-refractivity contribution in [2.75, 3.05) is 31.9 Å². The molecule has 0 heterocycles. The Balaban J connectivity index is 2.87. The van der Waals surface area contributed by atoms with Crippen LogP contribution in [0, 0.1) is 0 Å². The number of methoxy groups -OCH3 is 2. The summed E-state index contributed by atoms with van der Waals surface area (Å²) >= 11 is 0. The lowest BCUT2D eigenvalue weighted by molar-refractivity contribution is 0.158. The zero-order chi connectivity index (χ0) is 12.2. The molecule has 0 saturated carbocycles. The number of hydrogen-bond donors (Lipinski definition) is 2. The van der Waals surface area contributed by atoms with Gasteiger partial charge in [0.25, 0.3) is 0 Å². The van der Waals surface area contributed by atoms with Gasteiger partial charge in [0.15, 0.2) is 0 Å². The molecule has 3 N–H and O–H groups in total. The van der Waals surface area contributed by atoms with Crippen molar-refractivity contribution < 1.29 is 9.47 Å². The van der Waals surface area contributed by atoms with E-state index in [1.165, 1.54) is 0 Å². The van der Waals surface area contributed by atoms with Crippen LogP contribution in [0.1, 0.15) is 13.8 Å². The summed E-state index contributed by atoms with van der Waals surface area (Å²) in [7, 11) is 3.31. The molecule has 1 aromatic rings. The number of rotatable bonds is 5. The van der Waals surface area contributed by atoms with E-state index in [9.17, 15) is 0 Å². The minimum Gasteiger partial charge on any atom is -0.497 e. The van der Waals surface area contributed by atoms with Gasteiger partial charge in [-0.05, 0) is 26.0 Å². The topological polar surface area (TPSA) is 56.5 Å². The average molecular weight is 224 g/mol. The molecular weight excluding hydrogens is 204 g/mol. The summed E-state index contributed by atoms with van der Waals surface area (Å²) in [5.74, 6) is 0.782. The van der Waals surface area contributed by atoms with Crippen molar-refractivity contribution in [3.63, 3.8) is 0 Å². The van der Waals surface area contributed by atoms with Crippen LogP contribution in [0.2, 0.25) is 0 Å². The molecule has 4 nitrogen and oxygen atoms in total. The van der Waals surface area contributed by atoms with Gasteiger partial charge in [0.05, 0.1) is 30.6 Å². The van der Waals surface area contributed by atoms with Gasteiger partial charge in [-0.3, -0.25) is 0 Å². The molecule has 0 amide bonds. The highest BCUT2D eigenvalue weighted by atomic mass is 16.5. The highest BCUT2D eigenvalue weighted by Gasteiger charge is 2.18. The Bertz CT molecular complexity index is 351. The molecule has 0 aliphatic rings. The molecule has 90 valence electrons. The monoisotopic (exact) mass is 224 g/mol. The SMILES string of the molecule is COCC(C)(C)Nc1cc(OC)ccc1N. The van der Waals surface area contributed by atoms with Gasteiger partial charge in [0.1, 0.15) is 5.75 Å². The summed E-state index contributed by atoms with van der Waals surface area (Å²) in [5, 5.41) is 3.33. The first-order chi connectivity index (χ1) is 7.48. The van der Waals surface area contributed by atoms with Crippen LogP contribution in [0.5, 0.6) is 5.75 Å². The molecule has 0 fully saturated rings. The second-order valence-corrected chi connectivity index (χ2v) is 4.40. The maximum absolute atomic E-state index is 5.89. The Labute approximate surface area is 96.7 Å². The lowest BCUT2D eigenvalue weighted by Gasteiger charge is -2.27. The van der Waals surface area contributed by atoms with E-state index in [2.05, 4.69) is 19.2 Å². The van der Waals surface area contributed by atoms with Gasteiger partial charge in [-0.25, -0.2) is 0 Å². The van der Waals surface area contributed by atoms with E-state index in [1.807, 2.05) is 18.2 Å². The summed E-state index contributed by atoms with van der Waals surface area (Å²) in [6, 6.07) is 5.54. The molecule has 0 saturated heterocycles. The van der Waals surface area contributed by atoms with Crippen molar-refractivity contribution in [2.45, 2.75) is 19.4 Å². The van der Waals surface area contributed by atoms with Crippen molar-refractivity contribution in [3.8, 4) is 5.75 Å². The molecule has 4 heteroatoms. The van der Waals surface area contributed by atoms with Gasteiger partial charge >= 0.3 is 0 Å². The van der Waals surface area contributed by atoms with E-state index in [1.54, 1.807) is 14.2 Å². The van der Waals surface area contributed by atoms with E-state index >= 15 is 0 Å². The molecule has 0 bridgehead atoms. The van der Waals surface area contributed by atoms with Gasteiger partial charge in [0.2, 0.25) is 0 Å². The fourth-order valence-electron chi connectivity index (χ4n) is 1.53. The van der Waals surface area contributed by atoms with Crippen molar-refractivity contribution >= 4 is 11.4 Å². The molecule has 16 heavy (non-hydrogen) atoms. The Kier molecular flexibility index (Phi) is 4.01. The first-order valence-corrected chi connectivity index (χ1v) is 5.19. The average Bonchev–Trinajstić information content (AvgIpc) is 2.21. The number of benzene rings is 1. The molecule has 1 aromatic carbocycles. The van der Waals surface area contributed by atoms with Crippen LogP contribution in [0.3, 0.4) is 0 Å². The van der Waals surface area contributed by atoms with Gasteiger partial charge in [-0.2, -0.15) is 0 Å². The number of ether oxygens (including phenoxy) is 2. The van der Waals surface area contributed by atoms with Crippen molar-refractivity contribution in [3.05, 3.63) is 18.2 Å². The Morgan fingerprint density at radius 2 is 2.00 bits per heavy atom. The second kappa shape index (κ2) is 5.07. The van der Waals surface area contributed by atoms with Crippen molar-refractivity contribution in [1.82, 2.24) is 0 Å². The third-order valence-corrected chi connectivity index (χ3v) is 2.24. The predicted molar refractivity (Wildman–Crippen MR) is 67.0 cm³/mol. The lowest BCUT2D eigenvalue weighted by Crippen LogP contribution is -2.36. The molecule has 0 atom stereocenters. The fraction of sp³-hybridized carbons (Fsp3) is 0.500. The number of nitrogen functional groups attached to an aromatic ring is 1. The third kappa shape index (κ3) is 3.31. The highest BCUT2D eigenvalue weighted by molar-refractivity contribution is 5.69.